The van der Waals surface area contributed by atoms with E-state index in [9.17, 15) is 9.59 Å². The van der Waals surface area contributed by atoms with Crippen LogP contribution in [0.1, 0.15) is 34.6 Å². The second kappa shape index (κ2) is 7.12. The van der Waals surface area contributed by atoms with Crippen LogP contribution in [0.4, 0.5) is 0 Å². The first-order valence-corrected chi connectivity index (χ1v) is 4.45. The Hall–Kier alpha value is -1.32. The third-order valence-electron chi connectivity index (χ3n) is 0.769. The van der Waals surface area contributed by atoms with Gasteiger partial charge < -0.3 is 9.84 Å². The fourth-order valence-corrected chi connectivity index (χ4v) is 0.475. The number of carboxylic acid groups (broad SMARTS) is 1. The Morgan fingerprint density at radius 1 is 1.14 bits per heavy atom. The van der Waals surface area contributed by atoms with Gasteiger partial charge in [-0.25, -0.2) is 9.59 Å². The number of hydrogen-bond donors (Lipinski definition) is 1. The first kappa shape index (κ1) is 15.2. The highest BCUT2D eigenvalue weighted by Gasteiger charge is 2.13. The van der Waals surface area contributed by atoms with Crippen LogP contribution in [0.5, 0.6) is 0 Å². The van der Waals surface area contributed by atoms with Crippen molar-refractivity contribution in [1.82, 2.24) is 0 Å². The van der Waals surface area contributed by atoms with E-state index in [-0.39, 0.29) is 0 Å². The molecule has 82 valence electrons. The van der Waals surface area contributed by atoms with Gasteiger partial charge in [-0.3, -0.25) is 0 Å². The molecule has 0 saturated carbocycles. The lowest BCUT2D eigenvalue weighted by molar-refractivity contribution is -0.148. The Kier molecular flexibility index (Phi) is 7.71. The lowest BCUT2D eigenvalue weighted by Crippen LogP contribution is -2.22. The predicted octanol–water partition coefficient (Wildman–Crippen LogP) is 2.00. The Bertz CT molecular complexity index is 211. The van der Waals surface area contributed by atoms with Gasteiger partial charge in [-0.05, 0) is 20.8 Å². The van der Waals surface area contributed by atoms with Crippen LogP contribution in [0.2, 0.25) is 0 Å². The van der Waals surface area contributed by atoms with Crippen molar-refractivity contribution in [3.63, 3.8) is 0 Å². The molecular weight excluding hydrogens is 184 g/mol. The molecule has 0 radical (unpaired) electrons. The highest BCUT2D eigenvalue weighted by atomic mass is 16.6. The molecule has 14 heavy (non-hydrogen) atoms. The zero-order valence-electron chi connectivity index (χ0n) is 9.33. The van der Waals surface area contributed by atoms with Crippen molar-refractivity contribution in [2.24, 2.45) is 0 Å². The first-order valence-electron chi connectivity index (χ1n) is 4.45. The molecule has 0 unspecified atom stereocenters. The molecule has 4 heteroatoms. The fraction of sp³-hybridized carbons (Fsp3) is 0.600. The van der Waals surface area contributed by atoms with E-state index in [1.54, 1.807) is 20.8 Å². The molecule has 0 aromatic carbocycles. The summed E-state index contributed by atoms with van der Waals surface area (Å²) in [6, 6.07) is 0. The fourth-order valence-electron chi connectivity index (χ4n) is 0.475. The van der Waals surface area contributed by atoms with Crippen LogP contribution in [-0.4, -0.2) is 22.6 Å². The van der Waals surface area contributed by atoms with Crippen molar-refractivity contribution >= 4 is 11.9 Å². The van der Waals surface area contributed by atoms with E-state index in [1.165, 1.54) is 0 Å². The summed E-state index contributed by atoms with van der Waals surface area (Å²) in [5.74, 6) is -1.81. The molecule has 0 rings (SSSR count). The van der Waals surface area contributed by atoms with E-state index >= 15 is 0 Å². The lowest BCUT2D eigenvalue weighted by atomic mass is 10.2. The van der Waals surface area contributed by atoms with E-state index in [1.807, 2.05) is 13.8 Å². The van der Waals surface area contributed by atoms with E-state index in [2.05, 4.69) is 0 Å². The quantitative estimate of drug-likeness (QED) is 0.549. The number of carbonyl (C=O) groups is 2. The normalized spacial score (nSPS) is 10.4. The molecule has 1 N–H and O–H groups in total. The molecule has 0 aliphatic carbocycles. The molecule has 0 aromatic rings. The van der Waals surface area contributed by atoms with Crippen LogP contribution < -0.4 is 0 Å². The number of ether oxygens (including phenoxy) is 1. The molecule has 4 nitrogen and oxygen atoms in total. The summed E-state index contributed by atoms with van der Waals surface area (Å²) in [6.45, 7) is 9.12. The largest absolute Gasteiger partial charge is 0.478 e. The molecule has 0 spiro atoms. The van der Waals surface area contributed by atoms with Gasteiger partial charge in [0.05, 0.1) is 0 Å². The Labute approximate surface area is 84.6 Å². The molecule has 0 fully saturated rings. The summed E-state index contributed by atoms with van der Waals surface area (Å²) in [6.07, 6.45) is 1.63. The number of aliphatic carboxylic acids is 1. The van der Waals surface area contributed by atoms with E-state index < -0.39 is 17.5 Å². The topological polar surface area (TPSA) is 63.6 Å². The molecular formula is C10H18O4. The van der Waals surface area contributed by atoms with Gasteiger partial charge >= 0.3 is 11.9 Å². The standard InChI is InChI=1S/C8H12O4.C2H6/c1-8(2,3)12-7(11)5-4-6(9)10;1-2/h4-5H,1-3H3,(H,9,10);1-2H3/b5-4+;. The van der Waals surface area contributed by atoms with Crippen molar-refractivity contribution in [3.8, 4) is 0 Å². The van der Waals surface area contributed by atoms with Gasteiger partial charge in [-0.1, -0.05) is 13.8 Å². The van der Waals surface area contributed by atoms with Crippen LogP contribution in [0.3, 0.4) is 0 Å². The van der Waals surface area contributed by atoms with Crippen molar-refractivity contribution in [1.29, 1.82) is 0 Å². The molecule has 0 bridgehead atoms. The lowest BCUT2D eigenvalue weighted by Gasteiger charge is -2.17. The van der Waals surface area contributed by atoms with E-state index in [4.69, 9.17) is 9.84 Å². The van der Waals surface area contributed by atoms with Crippen molar-refractivity contribution in [3.05, 3.63) is 12.2 Å². The van der Waals surface area contributed by atoms with Gasteiger partial charge in [0.25, 0.3) is 0 Å². The average Bonchev–Trinajstić information content (AvgIpc) is 2.02. The maximum Gasteiger partial charge on any atom is 0.331 e. The second-order valence-electron chi connectivity index (χ2n) is 3.21. The summed E-state index contributed by atoms with van der Waals surface area (Å²) < 4.78 is 4.80. The number of rotatable bonds is 2. The van der Waals surface area contributed by atoms with Crippen LogP contribution in [0, 0.1) is 0 Å². The summed E-state index contributed by atoms with van der Waals surface area (Å²) >= 11 is 0. The first-order chi connectivity index (χ1) is 6.31. The molecule has 0 amide bonds. The summed E-state index contributed by atoms with van der Waals surface area (Å²) in [5.41, 5.74) is -0.583. The minimum Gasteiger partial charge on any atom is -0.478 e. The SMILES string of the molecule is CC.CC(C)(C)OC(=O)/C=C/C(=O)O. The number of carboxylic acids is 1. The molecule has 0 heterocycles. The van der Waals surface area contributed by atoms with Crippen LogP contribution in [-0.2, 0) is 14.3 Å². The number of esters is 1. The second-order valence-corrected chi connectivity index (χ2v) is 3.21. The van der Waals surface area contributed by atoms with Gasteiger partial charge in [0, 0.05) is 12.2 Å². The minimum absolute atomic E-state index is 0.583. The average molecular weight is 202 g/mol. The maximum atomic E-state index is 10.8. The third kappa shape index (κ3) is 13.3. The monoisotopic (exact) mass is 202 g/mol. The highest BCUT2D eigenvalue weighted by Crippen LogP contribution is 2.06. The molecule has 0 aromatic heterocycles. The molecule has 0 atom stereocenters. The third-order valence-corrected chi connectivity index (χ3v) is 0.769. The summed E-state index contributed by atoms with van der Waals surface area (Å²) in [7, 11) is 0. The zero-order chi connectivity index (χ0) is 11.8. The molecule has 0 aliphatic rings. The van der Waals surface area contributed by atoms with Gasteiger partial charge in [0.2, 0.25) is 0 Å². The van der Waals surface area contributed by atoms with Crippen LogP contribution in [0.15, 0.2) is 12.2 Å². The minimum atomic E-state index is -1.17. The molecule has 0 aliphatic heterocycles. The summed E-state index contributed by atoms with van der Waals surface area (Å²) in [5, 5.41) is 8.17. The van der Waals surface area contributed by atoms with Gasteiger partial charge in [0.1, 0.15) is 5.60 Å². The molecule has 0 saturated heterocycles. The van der Waals surface area contributed by atoms with Gasteiger partial charge in [-0.2, -0.15) is 0 Å². The highest BCUT2D eigenvalue weighted by molar-refractivity contribution is 5.90. The smallest absolute Gasteiger partial charge is 0.331 e. The number of carbonyl (C=O) groups excluding carboxylic acids is 1. The van der Waals surface area contributed by atoms with Gasteiger partial charge in [0.15, 0.2) is 0 Å². The number of hydrogen-bond acceptors (Lipinski definition) is 3. The van der Waals surface area contributed by atoms with E-state index in [0.29, 0.717) is 0 Å². The van der Waals surface area contributed by atoms with Crippen LogP contribution >= 0.6 is 0 Å². The van der Waals surface area contributed by atoms with Crippen LogP contribution in [0.25, 0.3) is 0 Å². The Balaban J connectivity index is 0. The summed E-state index contributed by atoms with van der Waals surface area (Å²) in [4.78, 5) is 20.8. The predicted molar refractivity (Wildman–Crippen MR) is 54.0 cm³/mol. The van der Waals surface area contributed by atoms with Crippen molar-refractivity contribution in [2.75, 3.05) is 0 Å². The Morgan fingerprint density at radius 3 is 1.86 bits per heavy atom. The maximum absolute atomic E-state index is 10.8. The van der Waals surface area contributed by atoms with Crippen molar-refractivity contribution in [2.45, 2.75) is 40.2 Å². The Morgan fingerprint density at radius 2 is 1.57 bits per heavy atom. The van der Waals surface area contributed by atoms with Gasteiger partial charge in [-0.15, -0.1) is 0 Å². The van der Waals surface area contributed by atoms with E-state index in [0.717, 1.165) is 12.2 Å². The van der Waals surface area contributed by atoms with Crippen molar-refractivity contribution < 1.29 is 19.4 Å². The zero-order valence-corrected chi connectivity index (χ0v) is 9.33.